The highest BCUT2D eigenvalue weighted by Crippen LogP contribution is 2.17. The second-order valence-corrected chi connectivity index (χ2v) is 5.68. The maximum atomic E-state index is 11.3. The Balaban J connectivity index is 2.74. The van der Waals surface area contributed by atoms with E-state index < -0.39 is 15.8 Å². The lowest BCUT2D eigenvalue weighted by Crippen LogP contribution is -2.09. The van der Waals surface area contributed by atoms with Crippen LogP contribution in [0.2, 0.25) is 0 Å². The Kier molecular flexibility index (Phi) is 3.05. The van der Waals surface area contributed by atoms with Crippen LogP contribution in [0.25, 0.3) is 0 Å². The lowest BCUT2D eigenvalue weighted by molar-refractivity contribution is -0.136. The molecule has 0 amide bonds. The van der Waals surface area contributed by atoms with E-state index in [1.165, 1.54) is 6.07 Å². The number of thiophene rings is 1. The molecule has 1 aromatic heterocycles. The van der Waals surface area contributed by atoms with Gasteiger partial charge in [-0.05, 0) is 11.4 Å². The van der Waals surface area contributed by atoms with E-state index in [9.17, 15) is 13.2 Å². The summed E-state index contributed by atoms with van der Waals surface area (Å²) in [4.78, 5) is 10.2. The maximum absolute atomic E-state index is 11.3. The number of hydrogen-bond donors (Lipinski definition) is 1. The van der Waals surface area contributed by atoms with Gasteiger partial charge in [-0.25, -0.2) is 8.42 Å². The van der Waals surface area contributed by atoms with Gasteiger partial charge in [0.15, 0.2) is 9.84 Å². The molecule has 0 spiro atoms. The van der Waals surface area contributed by atoms with E-state index in [0.717, 1.165) is 11.3 Å². The van der Waals surface area contributed by atoms with Crippen LogP contribution >= 0.6 is 11.3 Å². The molecule has 13 heavy (non-hydrogen) atoms. The minimum absolute atomic E-state index is 0.230. The number of aliphatic carboxylic acids is 1. The van der Waals surface area contributed by atoms with Gasteiger partial charge in [0.1, 0.15) is 4.21 Å². The third kappa shape index (κ3) is 2.82. The topological polar surface area (TPSA) is 71.4 Å². The lowest BCUT2D eigenvalue weighted by atomic mass is 10.5. The van der Waals surface area contributed by atoms with E-state index in [2.05, 4.69) is 0 Å². The molecule has 0 unspecified atom stereocenters. The fourth-order valence-corrected chi connectivity index (χ4v) is 3.14. The molecule has 0 aromatic carbocycles. The predicted molar refractivity (Wildman–Crippen MR) is 48.6 cm³/mol. The van der Waals surface area contributed by atoms with E-state index in [-0.39, 0.29) is 16.4 Å². The summed E-state index contributed by atoms with van der Waals surface area (Å²) >= 11 is 1.10. The van der Waals surface area contributed by atoms with Gasteiger partial charge < -0.3 is 5.11 Å². The molecular weight excluding hydrogens is 212 g/mol. The molecule has 0 aliphatic carbocycles. The van der Waals surface area contributed by atoms with Crippen molar-refractivity contribution in [3.63, 3.8) is 0 Å². The van der Waals surface area contributed by atoms with Crippen LogP contribution in [0.3, 0.4) is 0 Å². The molecule has 0 radical (unpaired) electrons. The second kappa shape index (κ2) is 3.89. The first-order valence-electron chi connectivity index (χ1n) is 3.50. The Hall–Kier alpha value is -0.880. The van der Waals surface area contributed by atoms with Crippen molar-refractivity contribution in [2.45, 2.75) is 10.6 Å². The summed E-state index contributed by atoms with van der Waals surface area (Å²) in [6.45, 7) is 0. The largest absolute Gasteiger partial charge is 0.481 e. The van der Waals surface area contributed by atoms with Crippen LogP contribution in [0.4, 0.5) is 0 Å². The SMILES string of the molecule is O=C(O)CCS(=O)(=O)c1cccs1. The minimum atomic E-state index is -3.37. The highest BCUT2D eigenvalue weighted by atomic mass is 32.2. The molecule has 1 heterocycles. The smallest absolute Gasteiger partial charge is 0.304 e. The number of carbonyl (C=O) groups is 1. The quantitative estimate of drug-likeness (QED) is 0.821. The van der Waals surface area contributed by atoms with Crippen LogP contribution < -0.4 is 0 Å². The van der Waals surface area contributed by atoms with E-state index in [1.54, 1.807) is 11.4 Å². The van der Waals surface area contributed by atoms with Crippen LogP contribution in [0.5, 0.6) is 0 Å². The van der Waals surface area contributed by atoms with Crippen molar-refractivity contribution >= 4 is 27.1 Å². The van der Waals surface area contributed by atoms with Gasteiger partial charge in [-0.15, -0.1) is 11.3 Å². The standard InChI is InChI=1S/C7H8O4S2/c8-6(9)3-5-13(10,11)7-2-1-4-12-7/h1-2,4H,3,5H2,(H,8,9). The number of carboxylic acid groups (broad SMARTS) is 1. The molecule has 0 saturated heterocycles. The van der Waals surface area contributed by atoms with E-state index in [1.807, 2.05) is 0 Å². The van der Waals surface area contributed by atoms with Crippen LogP contribution in [0.1, 0.15) is 6.42 Å². The fourth-order valence-electron chi connectivity index (χ4n) is 0.763. The Labute approximate surface area is 79.7 Å². The Morgan fingerprint density at radius 3 is 2.69 bits per heavy atom. The molecule has 0 atom stereocenters. The zero-order valence-corrected chi connectivity index (χ0v) is 8.27. The van der Waals surface area contributed by atoms with Crippen molar-refractivity contribution in [2.75, 3.05) is 5.75 Å². The van der Waals surface area contributed by atoms with Crippen molar-refractivity contribution < 1.29 is 18.3 Å². The number of hydrogen-bond acceptors (Lipinski definition) is 4. The predicted octanol–water partition coefficient (Wildman–Crippen LogP) is 0.997. The van der Waals surface area contributed by atoms with Crippen LogP contribution in [-0.4, -0.2) is 25.2 Å². The molecule has 0 aliphatic rings. The molecule has 6 heteroatoms. The van der Waals surface area contributed by atoms with E-state index in [4.69, 9.17) is 5.11 Å². The van der Waals surface area contributed by atoms with Gasteiger partial charge in [-0.1, -0.05) is 6.07 Å². The molecule has 0 saturated carbocycles. The first kappa shape index (κ1) is 10.2. The molecule has 0 fully saturated rings. The Bertz CT molecular complexity index is 377. The van der Waals surface area contributed by atoms with Crippen LogP contribution in [0, 0.1) is 0 Å². The van der Waals surface area contributed by atoms with Gasteiger partial charge in [0.05, 0.1) is 12.2 Å². The third-order valence-electron chi connectivity index (χ3n) is 1.39. The summed E-state index contributed by atoms with van der Waals surface area (Å²) in [6.07, 6.45) is -0.347. The number of rotatable bonds is 4. The van der Waals surface area contributed by atoms with Gasteiger partial charge in [-0.2, -0.15) is 0 Å². The normalized spacial score (nSPS) is 11.4. The first-order valence-corrected chi connectivity index (χ1v) is 6.03. The molecule has 1 aromatic rings. The molecule has 1 rings (SSSR count). The summed E-state index contributed by atoms with van der Waals surface area (Å²) in [5, 5.41) is 9.96. The zero-order chi connectivity index (χ0) is 9.90. The molecule has 72 valence electrons. The molecule has 0 bridgehead atoms. The minimum Gasteiger partial charge on any atom is -0.481 e. The second-order valence-electron chi connectivity index (χ2n) is 2.39. The van der Waals surface area contributed by atoms with Crippen LogP contribution in [0.15, 0.2) is 21.7 Å². The average molecular weight is 220 g/mol. The van der Waals surface area contributed by atoms with Crippen molar-refractivity contribution in [2.24, 2.45) is 0 Å². The molecule has 4 nitrogen and oxygen atoms in total. The molecule has 1 N–H and O–H groups in total. The molecule has 0 aliphatic heterocycles. The zero-order valence-electron chi connectivity index (χ0n) is 6.63. The maximum Gasteiger partial charge on any atom is 0.304 e. The van der Waals surface area contributed by atoms with Gasteiger partial charge in [-0.3, -0.25) is 4.79 Å². The fraction of sp³-hybridized carbons (Fsp3) is 0.286. The van der Waals surface area contributed by atoms with Gasteiger partial charge in [0, 0.05) is 0 Å². The van der Waals surface area contributed by atoms with Crippen molar-refractivity contribution in [1.82, 2.24) is 0 Å². The highest BCUT2D eigenvalue weighted by molar-refractivity contribution is 7.93. The monoisotopic (exact) mass is 220 g/mol. The highest BCUT2D eigenvalue weighted by Gasteiger charge is 2.16. The number of carboxylic acids is 1. The summed E-state index contributed by atoms with van der Waals surface area (Å²) in [7, 11) is -3.37. The van der Waals surface area contributed by atoms with Crippen molar-refractivity contribution in [1.29, 1.82) is 0 Å². The third-order valence-corrected chi connectivity index (χ3v) is 4.59. The summed E-state index contributed by atoms with van der Waals surface area (Å²) < 4.78 is 22.9. The summed E-state index contributed by atoms with van der Waals surface area (Å²) in [5.74, 6) is -1.43. The Morgan fingerprint density at radius 1 is 1.54 bits per heavy atom. The van der Waals surface area contributed by atoms with Gasteiger partial charge in [0.25, 0.3) is 0 Å². The summed E-state index contributed by atoms with van der Waals surface area (Å²) in [6, 6.07) is 3.10. The van der Waals surface area contributed by atoms with E-state index in [0.29, 0.717) is 0 Å². The van der Waals surface area contributed by atoms with Crippen molar-refractivity contribution in [3.8, 4) is 0 Å². The van der Waals surface area contributed by atoms with Gasteiger partial charge in [0.2, 0.25) is 0 Å². The Morgan fingerprint density at radius 2 is 2.23 bits per heavy atom. The molecular formula is C7H8O4S2. The van der Waals surface area contributed by atoms with Crippen molar-refractivity contribution in [3.05, 3.63) is 17.5 Å². The number of sulfone groups is 1. The van der Waals surface area contributed by atoms with Gasteiger partial charge >= 0.3 is 5.97 Å². The first-order chi connectivity index (χ1) is 6.02. The average Bonchev–Trinajstić information content (AvgIpc) is 2.53. The van der Waals surface area contributed by atoms with E-state index >= 15 is 0 Å². The lowest BCUT2D eigenvalue weighted by Gasteiger charge is -1.97. The van der Waals surface area contributed by atoms with Crippen LogP contribution in [-0.2, 0) is 14.6 Å². The summed E-state index contributed by atoms with van der Waals surface area (Å²) in [5.41, 5.74) is 0.